The van der Waals surface area contributed by atoms with Crippen molar-refractivity contribution in [1.82, 2.24) is 0 Å². The van der Waals surface area contributed by atoms with Crippen molar-refractivity contribution in [2.75, 3.05) is 6.79 Å². The summed E-state index contributed by atoms with van der Waals surface area (Å²) < 4.78 is 10.5. The zero-order valence-electron chi connectivity index (χ0n) is 12.0. The van der Waals surface area contributed by atoms with Gasteiger partial charge < -0.3 is 14.6 Å². The number of nitro benzene ring substituents is 1. The number of ether oxygens (including phenoxy) is 2. The van der Waals surface area contributed by atoms with Crippen LogP contribution in [-0.2, 0) is 11.2 Å². The molecule has 0 amide bonds. The molecule has 2 aromatic rings. The summed E-state index contributed by atoms with van der Waals surface area (Å²) in [5, 5.41) is 20.2. The van der Waals surface area contributed by atoms with E-state index in [1.807, 2.05) is 0 Å². The van der Waals surface area contributed by atoms with Gasteiger partial charge in [-0.2, -0.15) is 0 Å². The lowest BCUT2D eigenvalue weighted by molar-refractivity contribution is -0.384. The highest BCUT2D eigenvalue weighted by Gasteiger charge is 2.23. The maximum absolute atomic E-state index is 11.6. The Labute approximate surface area is 131 Å². The zero-order valence-corrected chi connectivity index (χ0v) is 12.0. The van der Waals surface area contributed by atoms with Gasteiger partial charge in [0.25, 0.3) is 5.69 Å². The lowest BCUT2D eigenvalue weighted by Crippen LogP contribution is -2.14. The van der Waals surface area contributed by atoms with Gasteiger partial charge in [0.1, 0.15) is 0 Å². The van der Waals surface area contributed by atoms with Gasteiger partial charge >= 0.3 is 5.97 Å². The van der Waals surface area contributed by atoms with E-state index in [0.29, 0.717) is 22.6 Å². The van der Waals surface area contributed by atoms with Crippen molar-refractivity contribution in [1.29, 1.82) is 0 Å². The number of carboxylic acids is 1. The molecule has 118 valence electrons. The molecule has 0 radical (unpaired) electrons. The molecule has 2 aromatic carbocycles. The van der Waals surface area contributed by atoms with Gasteiger partial charge in [-0.1, -0.05) is 18.2 Å². The van der Waals surface area contributed by atoms with Crippen LogP contribution in [0.25, 0.3) is 0 Å². The van der Waals surface area contributed by atoms with E-state index in [1.54, 1.807) is 30.3 Å². The number of benzene rings is 2. The maximum atomic E-state index is 11.6. The molecule has 0 saturated heterocycles. The summed E-state index contributed by atoms with van der Waals surface area (Å²) in [4.78, 5) is 21.8. The molecule has 0 bridgehead atoms. The number of fused-ring (bicyclic) bond motifs is 1. The van der Waals surface area contributed by atoms with Crippen molar-refractivity contribution >= 4 is 11.7 Å². The van der Waals surface area contributed by atoms with E-state index in [-0.39, 0.29) is 18.9 Å². The van der Waals surface area contributed by atoms with Crippen molar-refractivity contribution in [3.8, 4) is 11.5 Å². The molecule has 1 atom stereocenters. The third-order valence-corrected chi connectivity index (χ3v) is 3.68. The summed E-state index contributed by atoms with van der Waals surface area (Å²) in [6.07, 6.45) is 0.229. The monoisotopic (exact) mass is 315 g/mol. The van der Waals surface area contributed by atoms with Gasteiger partial charge in [0.05, 0.1) is 10.8 Å². The normalized spacial score (nSPS) is 13.6. The fourth-order valence-electron chi connectivity index (χ4n) is 2.47. The van der Waals surface area contributed by atoms with E-state index >= 15 is 0 Å². The van der Waals surface area contributed by atoms with E-state index in [1.165, 1.54) is 12.1 Å². The van der Waals surface area contributed by atoms with Gasteiger partial charge in [-0.25, -0.2) is 0 Å². The Balaban J connectivity index is 1.84. The first kappa shape index (κ1) is 14.8. The lowest BCUT2D eigenvalue weighted by atomic mass is 9.91. The van der Waals surface area contributed by atoms with Gasteiger partial charge in [0.2, 0.25) is 6.79 Å². The number of hydrogen-bond acceptors (Lipinski definition) is 5. The second kappa shape index (κ2) is 5.96. The molecular formula is C16H13NO6. The molecule has 1 aliphatic rings. The number of aliphatic carboxylic acids is 1. The van der Waals surface area contributed by atoms with E-state index in [0.717, 1.165) is 0 Å². The molecule has 3 rings (SSSR count). The summed E-state index contributed by atoms with van der Waals surface area (Å²) in [5.41, 5.74) is 1.28. The van der Waals surface area contributed by atoms with Crippen LogP contribution < -0.4 is 9.47 Å². The highest BCUT2D eigenvalue weighted by molar-refractivity contribution is 5.77. The van der Waals surface area contributed by atoms with E-state index < -0.39 is 16.8 Å². The number of non-ortho nitro benzene ring substituents is 1. The second-order valence-electron chi connectivity index (χ2n) is 5.13. The Hall–Kier alpha value is -3.09. The maximum Gasteiger partial charge on any atom is 0.311 e. The third-order valence-electron chi connectivity index (χ3n) is 3.68. The van der Waals surface area contributed by atoms with Crippen LogP contribution in [0.4, 0.5) is 5.69 Å². The van der Waals surface area contributed by atoms with Crippen molar-refractivity contribution in [2.45, 2.75) is 12.3 Å². The molecule has 0 saturated carbocycles. The molecule has 0 fully saturated rings. The number of hydrogen-bond donors (Lipinski definition) is 1. The van der Waals surface area contributed by atoms with E-state index in [9.17, 15) is 20.0 Å². The van der Waals surface area contributed by atoms with Crippen LogP contribution in [0, 0.1) is 10.1 Å². The van der Waals surface area contributed by atoms with Crippen LogP contribution in [0.15, 0.2) is 42.5 Å². The standard InChI is InChI=1S/C16H13NO6/c18-16(19)13(7-10-1-4-12(5-2-10)17(20)21)11-3-6-14-15(8-11)23-9-22-14/h1-6,8,13H,7,9H2,(H,18,19). The lowest BCUT2D eigenvalue weighted by Gasteiger charge is -2.13. The number of carboxylic acid groups (broad SMARTS) is 1. The predicted molar refractivity (Wildman–Crippen MR) is 79.7 cm³/mol. The summed E-state index contributed by atoms with van der Waals surface area (Å²) in [6, 6.07) is 10.9. The Morgan fingerprint density at radius 1 is 1.17 bits per heavy atom. The fraction of sp³-hybridized carbons (Fsp3) is 0.188. The minimum atomic E-state index is -0.970. The first-order valence-electron chi connectivity index (χ1n) is 6.90. The highest BCUT2D eigenvalue weighted by atomic mass is 16.7. The molecule has 23 heavy (non-hydrogen) atoms. The molecule has 1 aliphatic heterocycles. The minimum Gasteiger partial charge on any atom is -0.481 e. The van der Waals surface area contributed by atoms with Gasteiger partial charge in [0, 0.05) is 12.1 Å². The largest absolute Gasteiger partial charge is 0.481 e. The number of nitrogens with zero attached hydrogens (tertiary/aromatic N) is 1. The summed E-state index contributed by atoms with van der Waals surface area (Å²) in [6.45, 7) is 0.124. The Morgan fingerprint density at radius 2 is 1.87 bits per heavy atom. The summed E-state index contributed by atoms with van der Waals surface area (Å²) >= 11 is 0. The fourth-order valence-corrected chi connectivity index (χ4v) is 2.47. The molecule has 1 unspecified atom stereocenters. The number of rotatable bonds is 5. The molecule has 7 nitrogen and oxygen atoms in total. The second-order valence-corrected chi connectivity index (χ2v) is 5.13. The predicted octanol–water partition coefficient (Wildman–Crippen LogP) is 2.73. The molecule has 0 aliphatic carbocycles. The van der Waals surface area contributed by atoms with Crippen LogP contribution in [0.1, 0.15) is 17.0 Å². The molecule has 1 N–H and O–H groups in total. The smallest absolute Gasteiger partial charge is 0.311 e. The summed E-state index contributed by atoms with van der Waals surface area (Å²) in [5.74, 6) is -0.626. The Morgan fingerprint density at radius 3 is 2.52 bits per heavy atom. The van der Waals surface area contributed by atoms with Crippen LogP contribution in [0.3, 0.4) is 0 Å². The van der Waals surface area contributed by atoms with Crippen LogP contribution >= 0.6 is 0 Å². The first-order chi connectivity index (χ1) is 11.0. The third kappa shape index (κ3) is 3.08. The molecule has 0 spiro atoms. The Bertz CT molecular complexity index is 756. The van der Waals surface area contributed by atoms with Crippen LogP contribution in [0.5, 0.6) is 11.5 Å². The molecule has 0 aromatic heterocycles. The van der Waals surface area contributed by atoms with Crippen molar-refractivity contribution in [3.63, 3.8) is 0 Å². The van der Waals surface area contributed by atoms with Gasteiger partial charge in [-0.05, 0) is 29.7 Å². The molecular weight excluding hydrogens is 302 g/mol. The first-order valence-corrected chi connectivity index (χ1v) is 6.90. The van der Waals surface area contributed by atoms with Gasteiger partial charge in [-0.15, -0.1) is 0 Å². The highest BCUT2D eigenvalue weighted by Crippen LogP contribution is 2.35. The van der Waals surface area contributed by atoms with Crippen LogP contribution in [0.2, 0.25) is 0 Å². The van der Waals surface area contributed by atoms with Crippen molar-refractivity contribution in [2.24, 2.45) is 0 Å². The van der Waals surface area contributed by atoms with Gasteiger partial charge in [0.15, 0.2) is 11.5 Å². The minimum absolute atomic E-state index is 0.0243. The summed E-state index contributed by atoms with van der Waals surface area (Å²) in [7, 11) is 0. The average Bonchev–Trinajstić information content (AvgIpc) is 3.00. The van der Waals surface area contributed by atoms with E-state index in [4.69, 9.17) is 9.47 Å². The molecule has 1 heterocycles. The quantitative estimate of drug-likeness (QED) is 0.673. The van der Waals surface area contributed by atoms with Crippen LogP contribution in [-0.4, -0.2) is 22.8 Å². The molecule has 7 heteroatoms. The Kier molecular flexibility index (Phi) is 3.84. The van der Waals surface area contributed by atoms with E-state index in [2.05, 4.69) is 0 Å². The number of nitro groups is 1. The average molecular weight is 315 g/mol. The SMILES string of the molecule is O=C(O)C(Cc1ccc([N+](=O)[O-])cc1)c1ccc2c(c1)OCO2. The van der Waals surface area contributed by atoms with Gasteiger partial charge in [-0.3, -0.25) is 14.9 Å². The van der Waals surface area contributed by atoms with Crippen molar-refractivity contribution in [3.05, 3.63) is 63.7 Å². The zero-order chi connectivity index (χ0) is 16.4. The topological polar surface area (TPSA) is 98.9 Å². The number of carbonyl (C=O) groups is 1. The van der Waals surface area contributed by atoms with Crippen molar-refractivity contribution < 1.29 is 24.3 Å².